The van der Waals surface area contributed by atoms with Crippen LogP contribution >= 0.6 is 12.4 Å². The molecular formula is C9H15ClF2N2O. The zero-order valence-corrected chi connectivity index (χ0v) is 9.32. The van der Waals surface area contributed by atoms with E-state index in [2.05, 4.69) is 5.32 Å². The number of alkyl halides is 2. The lowest BCUT2D eigenvalue weighted by Gasteiger charge is -2.20. The molecular weight excluding hydrogens is 226 g/mol. The Bertz CT molecular complexity index is 258. The molecule has 0 spiro atoms. The van der Waals surface area contributed by atoms with Gasteiger partial charge in [0.05, 0.1) is 12.6 Å². The van der Waals surface area contributed by atoms with Gasteiger partial charge in [0.1, 0.15) is 0 Å². The van der Waals surface area contributed by atoms with Gasteiger partial charge in [-0.15, -0.1) is 12.4 Å². The summed E-state index contributed by atoms with van der Waals surface area (Å²) in [6, 6.07) is -0.394. The summed E-state index contributed by atoms with van der Waals surface area (Å²) < 4.78 is 25.6. The highest BCUT2D eigenvalue weighted by molar-refractivity contribution is 5.85. The number of nitrogens with one attached hydrogen (secondary N) is 1. The zero-order valence-electron chi connectivity index (χ0n) is 8.50. The average molecular weight is 241 g/mol. The first-order chi connectivity index (χ1) is 6.49. The Hall–Kier alpha value is -0.420. The van der Waals surface area contributed by atoms with Crippen LogP contribution in [0.5, 0.6) is 0 Å². The number of carbonyl (C=O) groups is 1. The molecule has 1 N–H and O–H groups in total. The SMILES string of the molecule is CN(C(=O)C1CC(F)(F)CN1)C1CC1.Cl. The maximum Gasteiger partial charge on any atom is 0.262 e. The van der Waals surface area contributed by atoms with Gasteiger partial charge in [-0.1, -0.05) is 0 Å². The van der Waals surface area contributed by atoms with Crippen LogP contribution in [-0.4, -0.2) is 42.4 Å². The predicted molar refractivity (Wildman–Crippen MR) is 54.4 cm³/mol. The van der Waals surface area contributed by atoms with Crippen LogP contribution in [0.3, 0.4) is 0 Å². The van der Waals surface area contributed by atoms with Crippen molar-refractivity contribution in [2.75, 3.05) is 13.6 Å². The van der Waals surface area contributed by atoms with Crippen molar-refractivity contribution in [2.45, 2.75) is 37.3 Å². The van der Waals surface area contributed by atoms with Gasteiger partial charge in [-0.3, -0.25) is 10.1 Å². The van der Waals surface area contributed by atoms with Crippen molar-refractivity contribution in [1.82, 2.24) is 10.2 Å². The van der Waals surface area contributed by atoms with Crippen LogP contribution in [0.2, 0.25) is 0 Å². The predicted octanol–water partition coefficient (Wildman–Crippen LogP) is 1.03. The van der Waals surface area contributed by atoms with Gasteiger partial charge in [0.25, 0.3) is 5.92 Å². The molecule has 3 nitrogen and oxygen atoms in total. The number of likely N-dealkylation sites (N-methyl/N-ethyl adjacent to an activating group) is 1. The topological polar surface area (TPSA) is 32.3 Å². The van der Waals surface area contributed by atoms with E-state index in [0.29, 0.717) is 6.04 Å². The van der Waals surface area contributed by atoms with E-state index in [4.69, 9.17) is 0 Å². The van der Waals surface area contributed by atoms with E-state index >= 15 is 0 Å². The monoisotopic (exact) mass is 240 g/mol. The summed E-state index contributed by atoms with van der Waals surface area (Å²) in [5, 5.41) is 2.57. The van der Waals surface area contributed by atoms with Gasteiger partial charge in [-0.25, -0.2) is 8.78 Å². The quantitative estimate of drug-likeness (QED) is 0.782. The first kappa shape index (κ1) is 12.6. The van der Waals surface area contributed by atoms with Gasteiger partial charge in [-0.05, 0) is 12.8 Å². The number of hydrogen-bond acceptors (Lipinski definition) is 2. The Morgan fingerprint density at radius 1 is 1.47 bits per heavy atom. The summed E-state index contributed by atoms with van der Waals surface area (Å²) in [5.41, 5.74) is 0. The Kier molecular flexibility index (Phi) is 3.55. The summed E-state index contributed by atoms with van der Waals surface area (Å²) in [6.45, 7) is -0.373. The molecule has 1 saturated carbocycles. The van der Waals surface area contributed by atoms with E-state index in [1.807, 2.05) is 0 Å². The van der Waals surface area contributed by atoms with Gasteiger partial charge < -0.3 is 4.90 Å². The largest absolute Gasteiger partial charge is 0.341 e. The number of nitrogens with zero attached hydrogens (tertiary/aromatic N) is 1. The second kappa shape index (κ2) is 4.22. The second-order valence-corrected chi connectivity index (χ2v) is 4.17. The van der Waals surface area contributed by atoms with Crippen LogP contribution in [0, 0.1) is 0 Å². The molecule has 1 aliphatic carbocycles. The number of amides is 1. The third-order valence-corrected chi connectivity index (χ3v) is 2.85. The molecule has 6 heteroatoms. The maximum atomic E-state index is 12.8. The van der Waals surface area contributed by atoms with E-state index < -0.39 is 12.0 Å². The smallest absolute Gasteiger partial charge is 0.262 e. The molecule has 0 aromatic heterocycles. The molecule has 0 aromatic carbocycles. The highest BCUT2D eigenvalue weighted by atomic mass is 35.5. The van der Waals surface area contributed by atoms with Crippen molar-refractivity contribution in [3.8, 4) is 0 Å². The van der Waals surface area contributed by atoms with Gasteiger partial charge in [0, 0.05) is 19.5 Å². The molecule has 0 aromatic rings. The highest BCUT2D eigenvalue weighted by Gasteiger charge is 2.44. The summed E-state index contributed by atoms with van der Waals surface area (Å²) in [6.07, 6.45) is 1.65. The molecule has 0 radical (unpaired) electrons. The Morgan fingerprint density at radius 2 is 2.07 bits per heavy atom. The lowest BCUT2D eigenvalue weighted by atomic mass is 10.1. The lowest BCUT2D eigenvalue weighted by molar-refractivity contribution is -0.132. The molecule has 1 heterocycles. The van der Waals surface area contributed by atoms with E-state index in [1.54, 1.807) is 11.9 Å². The third kappa shape index (κ3) is 2.78. The van der Waals surface area contributed by atoms with Crippen molar-refractivity contribution < 1.29 is 13.6 Å². The van der Waals surface area contributed by atoms with E-state index in [0.717, 1.165) is 12.8 Å². The van der Waals surface area contributed by atoms with Crippen molar-refractivity contribution >= 4 is 18.3 Å². The minimum atomic E-state index is -2.72. The maximum absolute atomic E-state index is 12.8. The minimum Gasteiger partial charge on any atom is -0.341 e. The fraction of sp³-hybridized carbons (Fsp3) is 0.889. The number of carbonyl (C=O) groups excluding carboxylic acids is 1. The Morgan fingerprint density at radius 3 is 2.47 bits per heavy atom. The molecule has 2 aliphatic rings. The zero-order chi connectivity index (χ0) is 10.3. The van der Waals surface area contributed by atoms with E-state index in [1.165, 1.54) is 0 Å². The molecule has 1 amide bonds. The average Bonchev–Trinajstić information content (AvgIpc) is 2.89. The van der Waals surface area contributed by atoms with Crippen LogP contribution in [0.4, 0.5) is 8.78 Å². The fourth-order valence-electron chi connectivity index (χ4n) is 1.78. The van der Waals surface area contributed by atoms with Crippen LogP contribution in [0.15, 0.2) is 0 Å². The first-order valence-corrected chi connectivity index (χ1v) is 4.87. The number of halogens is 3. The normalized spacial score (nSPS) is 28.3. The van der Waals surface area contributed by atoms with Gasteiger partial charge in [0.2, 0.25) is 5.91 Å². The van der Waals surface area contributed by atoms with Crippen LogP contribution in [0.1, 0.15) is 19.3 Å². The molecule has 88 valence electrons. The van der Waals surface area contributed by atoms with Gasteiger partial charge >= 0.3 is 0 Å². The molecule has 2 fully saturated rings. The van der Waals surface area contributed by atoms with Crippen molar-refractivity contribution in [3.63, 3.8) is 0 Å². The summed E-state index contributed by atoms with van der Waals surface area (Å²) in [7, 11) is 1.69. The van der Waals surface area contributed by atoms with E-state index in [-0.39, 0.29) is 31.3 Å². The molecule has 1 unspecified atom stereocenters. The summed E-state index contributed by atoms with van der Waals surface area (Å²) in [5.74, 6) is -2.91. The molecule has 1 atom stereocenters. The second-order valence-electron chi connectivity index (χ2n) is 4.17. The van der Waals surface area contributed by atoms with Crippen molar-refractivity contribution in [3.05, 3.63) is 0 Å². The number of rotatable bonds is 2. The van der Waals surface area contributed by atoms with Crippen LogP contribution < -0.4 is 5.32 Å². The minimum absolute atomic E-state index is 0. The van der Waals surface area contributed by atoms with Crippen LogP contribution in [0.25, 0.3) is 0 Å². The third-order valence-electron chi connectivity index (χ3n) is 2.85. The first-order valence-electron chi connectivity index (χ1n) is 4.87. The lowest BCUT2D eigenvalue weighted by Crippen LogP contribution is -2.42. The molecule has 0 bridgehead atoms. The molecule has 2 rings (SSSR count). The van der Waals surface area contributed by atoms with Crippen LogP contribution in [-0.2, 0) is 4.79 Å². The standard InChI is InChI=1S/C9H14F2N2O.ClH/c1-13(6-2-3-6)8(14)7-4-9(10,11)5-12-7;/h6-7,12H,2-5H2,1H3;1H. The molecule has 1 aliphatic heterocycles. The summed E-state index contributed by atoms with van der Waals surface area (Å²) >= 11 is 0. The van der Waals surface area contributed by atoms with Crippen molar-refractivity contribution in [2.24, 2.45) is 0 Å². The van der Waals surface area contributed by atoms with E-state index in [9.17, 15) is 13.6 Å². The summed E-state index contributed by atoms with van der Waals surface area (Å²) in [4.78, 5) is 13.2. The molecule has 15 heavy (non-hydrogen) atoms. The van der Waals surface area contributed by atoms with Gasteiger partial charge in [-0.2, -0.15) is 0 Å². The van der Waals surface area contributed by atoms with Gasteiger partial charge in [0.15, 0.2) is 0 Å². The fourth-order valence-corrected chi connectivity index (χ4v) is 1.78. The number of hydrogen-bond donors (Lipinski definition) is 1. The molecule has 1 saturated heterocycles. The van der Waals surface area contributed by atoms with Crippen molar-refractivity contribution in [1.29, 1.82) is 0 Å². The highest BCUT2D eigenvalue weighted by Crippen LogP contribution is 2.29. The Balaban J connectivity index is 0.00000112. The Labute approximate surface area is 93.6 Å².